The van der Waals surface area contributed by atoms with Crippen molar-refractivity contribution in [3.05, 3.63) is 0 Å². The molecule has 0 aromatic heterocycles. The van der Waals surface area contributed by atoms with Crippen molar-refractivity contribution >= 4 is 11.9 Å². The van der Waals surface area contributed by atoms with Crippen LogP contribution in [0.4, 0.5) is 0 Å². The molecule has 0 saturated carbocycles. The van der Waals surface area contributed by atoms with Crippen LogP contribution in [-0.4, -0.2) is 11.9 Å². The topological polar surface area (TPSA) is 80.3 Å². The molecule has 0 aromatic rings. The van der Waals surface area contributed by atoms with Gasteiger partial charge in [-0.05, 0) is 19.3 Å². The van der Waals surface area contributed by atoms with Crippen LogP contribution in [0.2, 0.25) is 0 Å². The molecule has 0 heterocycles. The van der Waals surface area contributed by atoms with Crippen molar-refractivity contribution in [1.82, 2.24) is 0 Å². The van der Waals surface area contributed by atoms with E-state index in [2.05, 4.69) is 0 Å². The molecule has 0 bridgehead atoms. The number of carbonyl (C=O) groups excluding carboxylic acids is 2. The Morgan fingerprint density at radius 3 is 1.73 bits per heavy atom. The van der Waals surface area contributed by atoms with Crippen molar-refractivity contribution < 1.29 is 123 Å². The van der Waals surface area contributed by atoms with Crippen LogP contribution in [0.25, 0.3) is 0 Å². The van der Waals surface area contributed by atoms with E-state index in [0.717, 1.165) is 13.3 Å². The first kappa shape index (κ1) is 22.4. The molecule has 1 atom stereocenters. The molecule has 0 N–H and O–H groups in total. The maximum atomic E-state index is 10.6. The van der Waals surface area contributed by atoms with E-state index in [0.29, 0.717) is 6.42 Å². The quantitative estimate of drug-likeness (QED) is 0.365. The third-order valence-electron chi connectivity index (χ3n) is 2.56. The molecule has 0 aliphatic carbocycles. The summed E-state index contributed by atoms with van der Waals surface area (Å²) in [5.74, 6) is -3.63. The molecule has 0 rings (SSSR count). The Morgan fingerprint density at radius 1 is 1.20 bits per heavy atom. The van der Waals surface area contributed by atoms with Crippen molar-refractivity contribution in [3.63, 3.8) is 0 Å². The van der Waals surface area contributed by atoms with Gasteiger partial charge in [0, 0.05) is 5.41 Å². The van der Waals surface area contributed by atoms with E-state index in [1.807, 2.05) is 6.92 Å². The minimum absolute atomic E-state index is 0. The number of aliphatic carboxylic acids is 2. The molecule has 76 valence electrons. The molecule has 6 heteroatoms. The van der Waals surface area contributed by atoms with Gasteiger partial charge in [-0.25, -0.2) is 0 Å². The third-order valence-corrected chi connectivity index (χ3v) is 2.56. The number of carboxylic acids is 2. The molecule has 0 aromatic carbocycles. The van der Waals surface area contributed by atoms with Gasteiger partial charge in [-0.3, -0.25) is 0 Å². The molecule has 0 aliphatic heterocycles. The zero-order valence-corrected chi connectivity index (χ0v) is 16.4. The van der Waals surface area contributed by atoms with E-state index in [1.54, 1.807) is 6.92 Å². The first-order chi connectivity index (χ1) is 5.87. The van der Waals surface area contributed by atoms with Crippen molar-refractivity contribution in [3.8, 4) is 0 Å². The zero-order valence-electron chi connectivity index (χ0n) is 10.1. The van der Waals surface area contributed by atoms with Gasteiger partial charge in [0.15, 0.2) is 0 Å². The Morgan fingerprint density at radius 2 is 1.53 bits per heavy atom. The molecule has 0 saturated heterocycles. The second-order valence-corrected chi connectivity index (χ2v) is 3.47. The van der Waals surface area contributed by atoms with Gasteiger partial charge in [-0.2, -0.15) is 0 Å². The van der Waals surface area contributed by atoms with Crippen molar-refractivity contribution in [1.29, 1.82) is 0 Å². The zero-order chi connectivity index (χ0) is 10.6. The smallest absolute Gasteiger partial charge is 0.549 e. The average Bonchev–Trinajstić information content (AvgIpc) is 2.02. The predicted octanol–water partition coefficient (Wildman–Crippen LogP) is -7.06. The monoisotopic (exact) mass is 264 g/mol. The van der Waals surface area contributed by atoms with Gasteiger partial charge in [0.2, 0.25) is 0 Å². The summed E-state index contributed by atoms with van der Waals surface area (Å²) in [4.78, 5) is 21.3. The maximum absolute atomic E-state index is 10.6. The molecule has 0 radical (unpaired) electrons. The number of rotatable bonds is 5. The molecule has 0 aliphatic rings. The largest absolute Gasteiger partial charge is 1.00 e. The van der Waals surface area contributed by atoms with Crippen LogP contribution in [0.5, 0.6) is 0 Å². The Labute approximate surface area is 175 Å². The second kappa shape index (κ2) is 10.2. The van der Waals surface area contributed by atoms with Crippen LogP contribution >= 0.6 is 0 Å². The Bertz CT molecular complexity index is 204. The normalized spacial score (nSPS) is 11.9. The fourth-order valence-electron chi connectivity index (χ4n) is 1.21. The van der Waals surface area contributed by atoms with Crippen LogP contribution in [0.15, 0.2) is 0 Å². The van der Waals surface area contributed by atoms with Gasteiger partial charge < -0.3 is 19.8 Å². The molecule has 15 heavy (non-hydrogen) atoms. The molecule has 0 amide bonds. The second-order valence-electron chi connectivity index (χ2n) is 3.47. The molecule has 0 fully saturated rings. The van der Waals surface area contributed by atoms with E-state index in [-0.39, 0.29) is 103 Å². The average molecular weight is 264 g/mol. The minimum Gasteiger partial charge on any atom is -0.549 e. The Hall–Kier alpha value is 2.21. The third kappa shape index (κ3) is 6.08. The Kier molecular flexibility index (Phi) is 15.2. The van der Waals surface area contributed by atoms with Crippen molar-refractivity contribution in [2.24, 2.45) is 11.3 Å². The van der Waals surface area contributed by atoms with E-state index >= 15 is 0 Å². The van der Waals surface area contributed by atoms with Crippen molar-refractivity contribution in [2.75, 3.05) is 0 Å². The summed E-state index contributed by atoms with van der Waals surface area (Å²) in [6.07, 6.45) is 1.26. The summed E-state index contributed by atoms with van der Waals surface area (Å²) < 4.78 is 0. The van der Waals surface area contributed by atoms with Gasteiger partial charge in [-0.1, -0.05) is 20.3 Å². The molecular formula is C9H14K2O4. The summed E-state index contributed by atoms with van der Waals surface area (Å²) in [6, 6.07) is 0. The first-order valence-electron chi connectivity index (χ1n) is 4.30. The van der Waals surface area contributed by atoms with Crippen LogP contribution in [0.3, 0.4) is 0 Å². The van der Waals surface area contributed by atoms with Crippen LogP contribution < -0.4 is 113 Å². The first-order valence-corrected chi connectivity index (χ1v) is 4.30. The Balaban J connectivity index is -0.000000720. The van der Waals surface area contributed by atoms with Gasteiger partial charge in [0.25, 0.3) is 0 Å². The van der Waals surface area contributed by atoms with Gasteiger partial charge in [0.1, 0.15) is 0 Å². The molecule has 0 spiro atoms. The van der Waals surface area contributed by atoms with Crippen LogP contribution in [-0.2, 0) is 9.59 Å². The number of hydrogen-bond acceptors (Lipinski definition) is 4. The summed E-state index contributed by atoms with van der Waals surface area (Å²) in [5, 5.41) is 21.3. The van der Waals surface area contributed by atoms with Gasteiger partial charge in [-0.15, -0.1) is 0 Å². The van der Waals surface area contributed by atoms with E-state index in [4.69, 9.17) is 0 Å². The minimum atomic E-state index is -1.88. The fraction of sp³-hybridized carbons (Fsp3) is 0.778. The number of carbonyl (C=O) groups is 2. The van der Waals surface area contributed by atoms with Crippen LogP contribution in [0.1, 0.15) is 33.6 Å². The summed E-state index contributed by atoms with van der Waals surface area (Å²) in [6.45, 7) is 4.58. The summed E-state index contributed by atoms with van der Waals surface area (Å²) >= 11 is 0. The number of carboxylic acid groups (broad SMARTS) is 2. The van der Waals surface area contributed by atoms with Gasteiger partial charge >= 0.3 is 103 Å². The van der Waals surface area contributed by atoms with E-state index in [9.17, 15) is 19.8 Å². The summed E-state index contributed by atoms with van der Waals surface area (Å²) in [5.41, 5.74) is -1.88. The maximum Gasteiger partial charge on any atom is 1.00 e. The molecule has 1 unspecified atom stereocenters. The van der Waals surface area contributed by atoms with Crippen molar-refractivity contribution in [2.45, 2.75) is 33.6 Å². The van der Waals surface area contributed by atoms with Crippen LogP contribution in [0, 0.1) is 11.3 Å². The van der Waals surface area contributed by atoms with E-state index in [1.165, 1.54) is 0 Å². The predicted molar refractivity (Wildman–Crippen MR) is 42.2 cm³/mol. The molecular weight excluding hydrogens is 250 g/mol. The standard InChI is InChI=1S/C9H16O4.2K/c1-4-5-6(2)9(3,7(10)11)8(12)13;;/h6H,4-5H2,1-3H3,(H,10,11)(H,12,13);;/q;2*+1/p-2. The SMILES string of the molecule is CCCC(C)C(C)(C(=O)[O-])C(=O)[O-].[K+].[K+]. The fourth-order valence-corrected chi connectivity index (χ4v) is 1.21. The summed E-state index contributed by atoms with van der Waals surface area (Å²) in [7, 11) is 0. The molecule has 4 nitrogen and oxygen atoms in total. The van der Waals surface area contributed by atoms with E-state index < -0.39 is 23.3 Å². The van der Waals surface area contributed by atoms with Gasteiger partial charge in [0.05, 0.1) is 11.9 Å². The number of hydrogen-bond donors (Lipinski definition) is 0.